The normalized spacial score (nSPS) is 10.3. The summed E-state index contributed by atoms with van der Waals surface area (Å²) in [6.07, 6.45) is -0.0327. The molecule has 82 valence electrons. The molecule has 0 aliphatic carbocycles. The van der Waals surface area contributed by atoms with Crippen LogP contribution in [0.5, 0.6) is 11.5 Å². The Balaban J connectivity index is 3.32. The van der Waals surface area contributed by atoms with Gasteiger partial charge in [-0.05, 0) is 22.5 Å². The molecule has 1 aromatic rings. The highest BCUT2D eigenvalue weighted by Gasteiger charge is 2.21. The fourth-order valence-electron chi connectivity index (χ4n) is 1.11. The number of halogens is 2. The third-order valence-corrected chi connectivity index (χ3v) is 2.60. The van der Waals surface area contributed by atoms with Crippen molar-refractivity contribution in [3.8, 4) is 11.5 Å². The standard InChI is InChI=1S/C9H9BrFNO3/c10-8-4(11)3-6(14)9(15)7(8)5(13)1-2-12/h3,14-15H,1-2,12H2. The van der Waals surface area contributed by atoms with Crippen molar-refractivity contribution in [2.45, 2.75) is 6.42 Å². The van der Waals surface area contributed by atoms with Crippen LogP contribution < -0.4 is 5.73 Å². The van der Waals surface area contributed by atoms with Gasteiger partial charge in [0, 0.05) is 12.5 Å². The third kappa shape index (κ3) is 2.27. The van der Waals surface area contributed by atoms with E-state index in [1.807, 2.05) is 0 Å². The zero-order valence-corrected chi connectivity index (χ0v) is 9.21. The van der Waals surface area contributed by atoms with E-state index in [2.05, 4.69) is 15.9 Å². The Labute approximate surface area is 93.6 Å². The molecule has 0 atom stereocenters. The summed E-state index contributed by atoms with van der Waals surface area (Å²) in [6, 6.07) is 0.721. The second-order valence-corrected chi connectivity index (χ2v) is 3.67. The van der Waals surface area contributed by atoms with E-state index in [0.717, 1.165) is 6.07 Å². The molecule has 6 heteroatoms. The van der Waals surface area contributed by atoms with Crippen LogP contribution in [0.4, 0.5) is 4.39 Å². The van der Waals surface area contributed by atoms with E-state index in [-0.39, 0.29) is 23.0 Å². The quantitative estimate of drug-likeness (QED) is 0.578. The molecule has 0 bridgehead atoms. The Kier molecular flexibility index (Phi) is 3.65. The van der Waals surface area contributed by atoms with Crippen LogP contribution >= 0.6 is 15.9 Å². The summed E-state index contributed by atoms with van der Waals surface area (Å²) in [5.41, 5.74) is 4.89. The highest BCUT2D eigenvalue weighted by molar-refractivity contribution is 9.10. The van der Waals surface area contributed by atoms with Gasteiger partial charge in [-0.25, -0.2) is 4.39 Å². The molecule has 1 rings (SSSR count). The predicted octanol–water partition coefficient (Wildman–Crippen LogP) is 1.53. The number of nitrogens with two attached hydrogens (primary N) is 1. The molecule has 0 saturated heterocycles. The summed E-state index contributed by atoms with van der Waals surface area (Å²) in [4.78, 5) is 11.4. The van der Waals surface area contributed by atoms with E-state index in [9.17, 15) is 14.3 Å². The molecule has 1 aromatic carbocycles. The molecule has 0 unspecified atom stereocenters. The SMILES string of the molecule is NCCC(=O)c1c(O)c(O)cc(F)c1Br. The maximum Gasteiger partial charge on any atom is 0.169 e. The molecule has 0 aromatic heterocycles. The molecule has 0 aliphatic heterocycles. The van der Waals surface area contributed by atoms with Crippen molar-refractivity contribution >= 4 is 21.7 Å². The zero-order valence-electron chi connectivity index (χ0n) is 7.63. The van der Waals surface area contributed by atoms with Crippen molar-refractivity contribution in [2.24, 2.45) is 5.73 Å². The first-order chi connectivity index (χ1) is 6.99. The maximum absolute atomic E-state index is 13.1. The van der Waals surface area contributed by atoms with Crippen LogP contribution in [-0.4, -0.2) is 22.5 Å². The smallest absolute Gasteiger partial charge is 0.169 e. The van der Waals surface area contributed by atoms with Crippen molar-refractivity contribution in [2.75, 3.05) is 6.54 Å². The van der Waals surface area contributed by atoms with Crippen molar-refractivity contribution in [3.63, 3.8) is 0 Å². The minimum absolute atomic E-state index is 0.0327. The van der Waals surface area contributed by atoms with Gasteiger partial charge in [0.15, 0.2) is 17.3 Å². The van der Waals surface area contributed by atoms with Gasteiger partial charge in [0.2, 0.25) is 0 Å². The molecule has 4 nitrogen and oxygen atoms in total. The van der Waals surface area contributed by atoms with Crippen LogP contribution in [0.15, 0.2) is 10.5 Å². The Morgan fingerprint density at radius 2 is 2.13 bits per heavy atom. The lowest BCUT2D eigenvalue weighted by atomic mass is 10.1. The van der Waals surface area contributed by atoms with Gasteiger partial charge >= 0.3 is 0 Å². The Hall–Kier alpha value is -1.14. The number of carbonyl (C=O) groups excluding carboxylic acids is 1. The van der Waals surface area contributed by atoms with E-state index >= 15 is 0 Å². The number of hydrogen-bond donors (Lipinski definition) is 3. The summed E-state index contributed by atoms with van der Waals surface area (Å²) in [7, 11) is 0. The van der Waals surface area contributed by atoms with E-state index in [1.54, 1.807) is 0 Å². The average Bonchev–Trinajstić information content (AvgIpc) is 2.16. The molecular weight excluding hydrogens is 269 g/mol. The van der Waals surface area contributed by atoms with Crippen LogP contribution in [0.3, 0.4) is 0 Å². The summed E-state index contributed by atoms with van der Waals surface area (Å²) in [5.74, 6) is -2.65. The third-order valence-electron chi connectivity index (χ3n) is 1.82. The first kappa shape index (κ1) is 11.9. The van der Waals surface area contributed by atoms with Gasteiger partial charge in [0.1, 0.15) is 5.82 Å². The summed E-state index contributed by atoms with van der Waals surface area (Å²) in [6.45, 7) is 0.0853. The number of rotatable bonds is 3. The fraction of sp³-hybridized carbons (Fsp3) is 0.222. The monoisotopic (exact) mass is 277 g/mol. The van der Waals surface area contributed by atoms with Crippen molar-refractivity contribution in [1.29, 1.82) is 0 Å². The lowest BCUT2D eigenvalue weighted by molar-refractivity contribution is 0.0980. The van der Waals surface area contributed by atoms with Crippen LogP contribution in [0.2, 0.25) is 0 Å². The second kappa shape index (κ2) is 4.59. The number of phenols is 2. The lowest BCUT2D eigenvalue weighted by Crippen LogP contribution is -2.09. The first-order valence-electron chi connectivity index (χ1n) is 4.12. The van der Waals surface area contributed by atoms with E-state index in [4.69, 9.17) is 10.8 Å². The molecule has 0 amide bonds. The highest BCUT2D eigenvalue weighted by Crippen LogP contribution is 2.37. The number of phenolic OH excluding ortho intramolecular Hbond substituents is 2. The minimum Gasteiger partial charge on any atom is -0.504 e. The molecule has 0 heterocycles. The minimum atomic E-state index is -0.814. The molecule has 0 saturated carbocycles. The number of Topliss-reactive ketones (excluding diaryl/α,β-unsaturated/α-hetero) is 1. The van der Waals surface area contributed by atoms with Crippen LogP contribution in [0.1, 0.15) is 16.8 Å². The molecule has 0 spiro atoms. The number of carbonyl (C=O) groups is 1. The summed E-state index contributed by atoms with van der Waals surface area (Å²) in [5, 5.41) is 18.5. The topological polar surface area (TPSA) is 83.6 Å². The molecule has 15 heavy (non-hydrogen) atoms. The molecular formula is C9H9BrFNO3. The van der Waals surface area contributed by atoms with Gasteiger partial charge in [-0.15, -0.1) is 0 Å². The van der Waals surface area contributed by atoms with Crippen molar-refractivity contribution < 1.29 is 19.4 Å². The highest BCUT2D eigenvalue weighted by atomic mass is 79.9. The van der Waals surface area contributed by atoms with E-state index < -0.39 is 23.1 Å². The zero-order chi connectivity index (χ0) is 11.6. The predicted molar refractivity (Wildman–Crippen MR) is 55.4 cm³/mol. The second-order valence-electron chi connectivity index (χ2n) is 2.88. The number of ketones is 1. The van der Waals surface area contributed by atoms with Gasteiger partial charge in [0.25, 0.3) is 0 Å². The molecule has 0 aliphatic rings. The van der Waals surface area contributed by atoms with Crippen molar-refractivity contribution in [3.05, 3.63) is 21.9 Å². The van der Waals surface area contributed by atoms with Crippen LogP contribution in [0, 0.1) is 5.82 Å². The van der Waals surface area contributed by atoms with Crippen LogP contribution in [-0.2, 0) is 0 Å². The Morgan fingerprint density at radius 3 is 2.67 bits per heavy atom. The summed E-state index contributed by atoms with van der Waals surface area (Å²) < 4.78 is 12.9. The first-order valence-corrected chi connectivity index (χ1v) is 4.91. The molecule has 0 radical (unpaired) electrons. The number of benzene rings is 1. The Bertz CT molecular complexity index is 383. The van der Waals surface area contributed by atoms with Gasteiger partial charge < -0.3 is 15.9 Å². The van der Waals surface area contributed by atoms with E-state index in [0.29, 0.717) is 0 Å². The van der Waals surface area contributed by atoms with Gasteiger partial charge in [0.05, 0.1) is 10.0 Å². The fourth-order valence-corrected chi connectivity index (χ4v) is 1.64. The molecule has 0 fully saturated rings. The van der Waals surface area contributed by atoms with Crippen molar-refractivity contribution in [1.82, 2.24) is 0 Å². The summed E-state index contributed by atoms with van der Waals surface area (Å²) >= 11 is 2.83. The molecule has 4 N–H and O–H groups in total. The Morgan fingerprint density at radius 1 is 1.53 bits per heavy atom. The van der Waals surface area contributed by atoms with Gasteiger partial charge in [-0.1, -0.05) is 0 Å². The largest absolute Gasteiger partial charge is 0.504 e. The van der Waals surface area contributed by atoms with Gasteiger partial charge in [-0.3, -0.25) is 4.79 Å². The van der Waals surface area contributed by atoms with E-state index in [1.165, 1.54) is 0 Å². The van der Waals surface area contributed by atoms with Gasteiger partial charge in [-0.2, -0.15) is 0 Å². The lowest BCUT2D eigenvalue weighted by Gasteiger charge is -2.08. The number of hydrogen-bond acceptors (Lipinski definition) is 4. The average molecular weight is 278 g/mol. The van der Waals surface area contributed by atoms with Crippen LogP contribution in [0.25, 0.3) is 0 Å². The number of aromatic hydroxyl groups is 2. The maximum atomic E-state index is 13.1.